The zero-order chi connectivity index (χ0) is 18.8. The van der Waals surface area contributed by atoms with Gasteiger partial charge in [0, 0.05) is 20.6 Å². The van der Waals surface area contributed by atoms with Gasteiger partial charge in [0.1, 0.15) is 22.9 Å². The maximum Gasteiger partial charge on any atom is 0.145 e. The van der Waals surface area contributed by atoms with E-state index in [1.165, 1.54) is 6.07 Å². The molecule has 0 fully saturated rings. The van der Waals surface area contributed by atoms with Crippen LogP contribution in [0.4, 0.5) is 4.39 Å². The minimum Gasteiger partial charge on any atom is -0.234 e. The van der Waals surface area contributed by atoms with Crippen molar-refractivity contribution < 1.29 is 8.60 Å². The van der Waals surface area contributed by atoms with E-state index < -0.39 is 21.5 Å². The highest BCUT2D eigenvalue weighted by Crippen LogP contribution is 2.26. The van der Waals surface area contributed by atoms with E-state index in [1.54, 1.807) is 39.0 Å². The number of rotatable bonds is 3. The molecular formula is C18H15BrClFN2OS. The van der Waals surface area contributed by atoms with Crippen LogP contribution in [0.1, 0.15) is 37.5 Å². The first kappa shape index (κ1) is 19.8. The van der Waals surface area contributed by atoms with Crippen molar-refractivity contribution in [2.75, 3.05) is 0 Å². The summed E-state index contributed by atoms with van der Waals surface area (Å²) in [6.45, 7) is 5.36. The molecule has 0 bridgehead atoms. The fourth-order valence-corrected chi connectivity index (χ4v) is 3.23. The van der Waals surface area contributed by atoms with Gasteiger partial charge in [-0.3, -0.25) is 0 Å². The molecule has 2 aromatic carbocycles. The van der Waals surface area contributed by atoms with Crippen molar-refractivity contribution in [2.24, 2.45) is 4.40 Å². The largest absolute Gasteiger partial charge is 0.234 e. The van der Waals surface area contributed by atoms with E-state index in [0.29, 0.717) is 5.56 Å². The predicted molar refractivity (Wildman–Crippen MR) is 104 cm³/mol. The minimum absolute atomic E-state index is 0.135. The smallest absolute Gasteiger partial charge is 0.145 e. The van der Waals surface area contributed by atoms with E-state index in [1.807, 2.05) is 12.1 Å². The molecule has 0 aliphatic rings. The van der Waals surface area contributed by atoms with Crippen molar-refractivity contribution in [2.45, 2.75) is 25.5 Å². The summed E-state index contributed by atoms with van der Waals surface area (Å²) >= 11 is 9.36. The number of benzene rings is 2. The topological polar surface area (TPSA) is 53.2 Å². The van der Waals surface area contributed by atoms with Gasteiger partial charge < -0.3 is 0 Å². The van der Waals surface area contributed by atoms with Gasteiger partial charge in [0.2, 0.25) is 0 Å². The van der Waals surface area contributed by atoms with E-state index in [0.717, 1.165) is 10.5 Å². The van der Waals surface area contributed by atoms with E-state index >= 15 is 0 Å². The Morgan fingerprint density at radius 3 is 2.56 bits per heavy atom. The van der Waals surface area contributed by atoms with Crippen LogP contribution in [0.25, 0.3) is 0 Å². The first-order valence-electron chi connectivity index (χ1n) is 7.29. The van der Waals surface area contributed by atoms with Crippen LogP contribution >= 0.6 is 27.5 Å². The first-order chi connectivity index (χ1) is 11.6. The van der Waals surface area contributed by atoms with Gasteiger partial charge in [-0.1, -0.05) is 39.7 Å². The maximum atomic E-state index is 14.2. The zero-order valence-corrected chi connectivity index (χ0v) is 17.0. The van der Waals surface area contributed by atoms with Crippen LogP contribution in [0, 0.1) is 17.1 Å². The molecule has 130 valence electrons. The lowest BCUT2D eigenvalue weighted by molar-refractivity contribution is 0.623. The second-order valence-electron chi connectivity index (χ2n) is 6.23. The summed E-state index contributed by atoms with van der Waals surface area (Å²) in [5.41, 5.74) is 0.884. The van der Waals surface area contributed by atoms with Crippen LogP contribution in [0.2, 0.25) is 5.02 Å². The van der Waals surface area contributed by atoms with Crippen LogP contribution in [0.15, 0.2) is 45.3 Å². The SMILES string of the molecule is CC(C)(C)S(=O)/N=C(\c1cccc(Br)c1)c1cc(Cl)cc(F)c1C#N. The molecule has 0 N–H and O–H groups in total. The molecule has 0 spiro atoms. The van der Waals surface area contributed by atoms with Crippen LogP contribution in [-0.2, 0) is 11.0 Å². The Morgan fingerprint density at radius 1 is 1.32 bits per heavy atom. The van der Waals surface area contributed by atoms with E-state index in [-0.39, 0.29) is 21.9 Å². The quantitative estimate of drug-likeness (QED) is 0.598. The molecule has 0 amide bonds. The fraction of sp³-hybridized carbons (Fsp3) is 0.222. The monoisotopic (exact) mass is 440 g/mol. The minimum atomic E-state index is -1.60. The summed E-state index contributed by atoms with van der Waals surface area (Å²) in [5, 5.41) is 9.50. The van der Waals surface area contributed by atoms with Gasteiger partial charge in [-0.25, -0.2) is 8.60 Å². The third-order valence-corrected chi connectivity index (χ3v) is 5.33. The Hall–Kier alpha value is -1.55. The van der Waals surface area contributed by atoms with Crippen LogP contribution in [-0.4, -0.2) is 14.7 Å². The molecule has 3 nitrogen and oxygen atoms in total. The summed E-state index contributed by atoms with van der Waals surface area (Å²) in [7, 11) is -1.60. The van der Waals surface area contributed by atoms with E-state index in [2.05, 4.69) is 20.3 Å². The molecule has 1 unspecified atom stereocenters. The maximum absolute atomic E-state index is 14.2. The number of hydrogen-bond donors (Lipinski definition) is 0. The van der Waals surface area contributed by atoms with Gasteiger partial charge in [-0.2, -0.15) is 9.66 Å². The van der Waals surface area contributed by atoms with Crippen LogP contribution < -0.4 is 0 Å². The molecule has 25 heavy (non-hydrogen) atoms. The molecule has 0 aromatic heterocycles. The molecule has 1 atom stereocenters. The van der Waals surface area contributed by atoms with Crippen molar-refractivity contribution in [3.63, 3.8) is 0 Å². The summed E-state index contributed by atoms with van der Waals surface area (Å²) in [6, 6.07) is 11.5. The third-order valence-electron chi connectivity index (χ3n) is 3.22. The van der Waals surface area contributed by atoms with Crippen molar-refractivity contribution in [1.29, 1.82) is 5.26 Å². The normalized spacial score (nSPS) is 13.4. The number of halogens is 3. The Balaban J connectivity index is 2.80. The number of hydrogen-bond acceptors (Lipinski definition) is 2. The van der Waals surface area contributed by atoms with Crippen molar-refractivity contribution in [3.8, 4) is 6.07 Å². The summed E-state index contributed by atoms with van der Waals surface area (Å²) in [4.78, 5) is 0. The molecule has 2 aromatic rings. The van der Waals surface area contributed by atoms with E-state index in [9.17, 15) is 13.9 Å². The molecule has 2 rings (SSSR count). The molecule has 0 radical (unpaired) electrons. The van der Waals surface area contributed by atoms with Gasteiger partial charge in [0.05, 0.1) is 16.0 Å². The molecule has 0 saturated heterocycles. The summed E-state index contributed by atoms with van der Waals surface area (Å²) in [6.07, 6.45) is 0. The standard InChI is InChI=1S/C18H15BrClFN2OS/c1-18(2,3)25(24)23-17(11-5-4-6-12(19)7-11)14-8-13(20)9-16(21)15(14)10-22/h4-9H,1-3H3/b23-17+. The third kappa shape index (κ3) is 4.75. The van der Waals surface area contributed by atoms with Crippen LogP contribution in [0.3, 0.4) is 0 Å². The number of nitriles is 1. The van der Waals surface area contributed by atoms with Gasteiger partial charge in [-0.05, 0) is 45.0 Å². The van der Waals surface area contributed by atoms with Crippen molar-refractivity contribution in [1.82, 2.24) is 0 Å². The van der Waals surface area contributed by atoms with Gasteiger partial charge in [0.25, 0.3) is 0 Å². The summed E-state index contributed by atoms with van der Waals surface area (Å²) < 4.78 is 31.2. The second-order valence-corrected chi connectivity index (χ2v) is 9.49. The first-order valence-corrected chi connectivity index (χ1v) is 9.57. The Bertz CT molecular complexity index is 916. The molecule has 0 saturated carbocycles. The number of nitrogens with zero attached hydrogens (tertiary/aromatic N) is 2. The highest BCUT2D eigenvalue weighted by molar-refractivity contribution is 9.10. The lowest BCUT2D eigenvalue weighted by atomic mass is 9.98. The van der Waals surface area contributed by atoms with Gasteiger partial charge in [-0.15, -0.1) is 0 Å². The average molecular weight is 442 g/mol. The predicted octanol–water partition coefficient (Wildman–Crippen LogP) is 5.41. The van der Waals surface area contributed by atoms with Gasteiger partial charge >= 0.3 is 0 Å². The average Bonchev–Trinajstić information content (AvgIpc) is 2.50. The highest BCUT2D eigenvalue weighted by atomic mass is 79.9. The Labute approximate surface area is 162 Å². The molecule has 0 aliphatic carbocycles. The van der Waals surface area contributed by atoms with Crippen LogP contribution in [0.5, 0.6) is 0 Å². The fourth-order valence-electron chi connectivity index (χ4n) is 1.99. The van der Waals surface area contributed by atoms with Crippen molar-refractivity contribution in [3.05, 3.63) is 68.4 Å². The van der Waals surface area contributed by atoms with E-state index in [4.69, 9.17) is 11.6 Å². The zero-order valence-electron chi connectivity index (χ0n) is 13.8. The molecule has 0 aliphatic heterocycles. The highest BCUT2D eigenvalue weighted by Gasteiger charge is 2.23. The second kappa shape index (κ2) is 7.77. The molecular weight excluding hydrogens is 427 g/mol. The van der Waals surface area contributed by atoms with Gasteiger partial charge in [0.15, 0.2) is 0 Å². The molecule has 7 heteroatoms. The Morgan fingerprint density at radius 2 is 2.00 bits per heavy atom. The lowest BCUT2D eigenvalue weighted by Gasteiger charge is -2.16. The van der Waals surface area contributed by atoms with Crippen molar-refractivity contribution >= 4 is 44.2 Å². The Kier molecular flexibility index (Phi) is 6.15. The lowest BCUT2D eigenvalue weighted by Crippen LogP contribution is -2.22. The summed E-state index contributed by atoms with van der Waals surface area (Å²) in [5.74, 6) is -0.741. The molecule has 0 heterocycles.